The fourth-order valence-corrected chi connectivity index (χ4v) is 2.91. The van der Waals surface area contributed by atoms with Crippen molar-refractivity contribution in [1.82, 2.24) is 5.32 Å². The molecular weight excluding hydrogens is 253 g/mol. The van der Waals surface area contributed by atoms with E-state index in [-0.39, 0.29) is 18.0 Å². The summed E-state index contributed by atoms with van der Waals surface area (Å²) in [5.74, 6) is 0.328. The normalized spacial score (nSPS) is 21.3. The molecule has 1 N–H and O–H groups in total. The van der Waals surface area contributed by atoms with Gasteiger partial charge in [0, 0.05) is 6.07 Å². The van der Waals surface area contributed by atoms with Gasteiger partial charge in [0.05, 0.1) is 6.04 Å². The quantitative estimate of drug-likeness (QED) is 0.922. The standard InChI is InChI=1S/C17H18FNO/c1-19-17-15-8-3-2-5-12(15)9-10-16(17)20-14-7-4-6-13(18)11-14/h2-8,11,16-17,19H,9-10H2,1H3. The van der Waals surface area contributed by atoms with Crippen LogP contribution in [0.15, 0.2) is 48.5 Å². The van der Waals surface area contributed by atoms with Crippen LogP contribution in [0.2, 0.25) is 0 Å². The van der Waals surface area contributed by atoms with Gasteiger partial charge >= 0.3 is 0 Å². The van der Waals surface area contributed by atoms with Crippen molar-refractivity contribution < 1.29 is 9.13 Å². The third-order valence-corrected chi connectivity index (χ3v) is 3.85. The Labute approximate surface area is 118 Å². The number of hydrogen-bond donors (Lipinski definition) is 1. The molecule has 2 atom stereocenters. The molecule has 1 aliphatic rings. The second-order valence-corrected chi connectivity index (χ2v) is 5.12. The van der Waals surface area contributed by atoms with Gasteiger partial charge in [0.25, 0.3) is 0 Å². The predicted molar refractivity (Wildman–Crippen MR) is 77.4 cm³/mol. The lowest BCUT2D eigenvalue weighted by molar-refractivity contribution is 0.139. The van der Waals surface area contributed by atoms with Crippen molar-refractivity contribution in [2.24, 2.45) is 0 Å². The average Bonchev–Trinajstić information content (AvgIpc) is 2.47. The number of likely N-dealkylation sites (N-methyl/N-ethyl adjacent to an activating group) is 1. The van der Waals surface area contributed by atoms with Crippen LogP contribution in [0, 0.1) is 5.82 Å². The number of benzene rings is 2. The molecule has 0 heterocycles. The molecule has 104 valence electrons. The molecule has 0 aromatic heterocycles. The minimum Gasteiger partial charge on any atom is -0.488 e. The van der Waals surface area contributed by atoms with Crippen LogP contribution in [0.3, 0.4) is 0 Å². The first-order valence-electron chi connectivity index (χ1n) is 6.95. The maximum atomic E-state index is 13.2. The molecule has 0 spiro atoms. The van der Waals surface area contributed by atoms with Crippen molar-refractivity contribution >= 4 is 0 Å². The number of ether oxygens (including phenoxy) is 1. The number of aryl methyl sites for hydroxylation is 1. The molecule has 0 amide bonds. The van der Waals surface area contributed by atoms with Gasteiger partial charge in [-0.2, -0.15) is 0 Å². The molecule has 20 heavy (non-hydrogen) atoms. The highest BCUT2D eigenvalue weighted by atomic mass is 19.1. The highest BCUT2D eigenvalue weighted by Gasteiger charge is 2.29. The summed E-state index contributed by atoms with van der Waals surface area (Å²) in [6.45, 7) is 0. The van der Waals surface area contributed by atoms with Crippen LogP contribution in [0.1, 0.15) is 23.6 Å². The largest absolute Gasteiger partial charge is 0.488 e. The summed E-state index contributed by atoms with van der Waals surface area (Å²) in [6.07, 6.45) is 1.95. The van der Waals surface area contributed by atoms with Crippen LogP contribution < -0.4 is 10.1 Å². The predicted octanol–water partition coefficient (Wildman–Crippen LogP) is 3.48. The zero-order valence-corrected chi connectivity index (χ0v) is 11.5. The first-order chi connectivity index (χ1) is 9.78. The summed E-state index contributed by atoms with van der Waals surface area (Å²) in [7, 11) is 1.94. The SMILES string of the molecule is CNC1c2ccccc2CCC1Oc1cccc(F)c1. The van der Waals surface area contributed by atoms with Gasteiger partial charge in [-0.15, -0.1) is 0 Å². The molecule has 1 aliphatic carbocycles. The zero-order chi connectivity index (χ0) is 13.9. The van der Waals surface area contributed by atoms with E-state index in [1.54, 1.807) is 12.1 Å². The topological polar surface area (TPSA) is 21.3 Å². The van der Waals surface area contributed by atoms with E-state index < -0.39 is 0 Å². The highest BCUT2D eigenvalue weighted by molar-refractivity contribution is 5.34. The first-order valence-corrected chi connectivity index (χ1v) is 6.95. The summed E-state index contributed by atoms with van der Waals surface area (Å²) in [6, 6.07) is 14.9. The smallest absolute Gasteiger partial charge is 0.126 e. The minimum absolute atomic E-state index is 0.0247. The van der Waals surface area contributed by atoms with E-state index in [1.807, 2.05) is 13.1 Å². The Balaban J connectivity index is 1.84. The molecule has 3 heteroatoms. The lowest BCUT2D eigenvalue weighted by atomic mass is 9.85. The van der Waals surface area contributed by atoms with Gasteiger partial charge < -0.3 is 10.1 Å². The Morgan fingerprint density at radius 3 is 2.80 bits per heavy atom. The fraction of sp³-hybridized carbons (Fsp3) is 0.294. The van der Waals surface area contributed by atoms with E-state index >= 15 is 0 Å². The van der Waals surface area contributed by atoms with Crippen LogP contribution >= 0.6 is 0 Å². The van der Waals surface area contributed by atoms with E-state index in [2.05, 4.69) is 23.5 Å². The van der Waals surface area contributed by atoms with Crippen LogP contribution in [0.25, 0.3) is 0 Å². The van der Waals surface area contributed by atoms with Crippen LogP contribution in [0.4, 0.5) is 4.39 Å². The van der Waals surface area contributed by atoms with Crippen LogP contribution in [0.5, 0.6) is 5.75 Å². The number of nitrogens with one attached hydrogen (secondary N) is 1. The van der Waals surface area contributed by atoms with E-state index in [4.69, 9.17) is 4.74 Å². The number of hydrogen-bond acceptors (Lipinski definition) is 2. The van der Waals surface area contributed by atoms with Gasteiger partial charge in [0.15, 0.2) is 0 Å². The van der Waals surface area contributed by atoms with Gasteiger partial charge in [-0.25, -0.2) is 4.39 Å². The Kier molecular flexibility index (Phi) is 3.70. The van der Waals surface area contributed by atoms with E-state index in [0.29, 0.717) is 5.75 Å². The van der Waals surface area contributed by atoms with Crippen molar-refractivity contribution in [2.45, 2.75) is 25.0 Å². The number of halogens is 1. The lowest BCUT2D eigenvalue weighted by Gasteiger charge is -2.33. The first kappa shape index (κ1) is 13.1. The molecule has 2 unspecified atom stereocenters. The summed E-state index contributed by atoms with van der Waals surface area (Å²) in [5.41, 5.74) is 2.65. The summed E-state index contributed by atoms with van der Waals surface area (Å²) >= 11 is 0. The lowest BCUT2D eigenvalue weighted by Crippen LogP contribution is -2.37. The molecule has 2 nitrogen and oxygen atoms in total. The Hall–Kier alpha value is -1.87. The molecule has 0 aliphatic heterocycles. The van der Waals surface area contributed by atoms with Gasteiger partial charge in [0.2, 0.25) is 0 Å². The molecule has 0 radical (unpaired) electrons. The fourth-order valence-electron chi connectivity index (χ4n) is 2.91. The molecule has 0 saturated carbocycles. The molecule has 0 bridgehead atoms. The van der Waals surface area contributed by atoms with Crippen molar-refractivity contribution in [3.05, 3.63) is 65.5 Å². The van der Waals surface area contributed by atoms with E-state index in [0.717, 1.165) is 12.8 Å². The van der Waals surface area contributed by atoms with Crippen molar-refractivity contribution in [3.8, 4) is 5.75 Å². The zero-order valence-electron chi connectivity index (χ0n) is 11.5. The van der Waals surface area contributed by atoms with E-state index in [1.165, 1.54) is 23.3 Å². The van der Waals surface area contributed by atoms with Crippen LogP contribution in [-0.4, -0.2) is 13.2 Å². The number of rotatable bonds is 3. The van der Waals surface area contributed by atoms with Crippen molar-refractivity contribution in [3.63, 3.8) is 0 Å². The summed E-state index contributed by atoms with van der Waals surface area (Å²) < 4.78 is 19.2. The second-order valence-electron chi connectivity index (χ2n) is 5.12. The summed E-state index contributed by atoms with van der Waals surface area (Å²) in [4.78, 5) is 0. The van der Waals surface area contributed by atoms with Gasteiger partial charge in [-0.05, 0) is 43.1 Å². The van der Waals surface area contributed by atoms with Crippen LogP contribution in [-0.2, 0) is 6.42 Å². The second kappa shape index (κ2) is 5.63. The molecule has 0 saturated heterocycles. The maximum absolute atomic E-state index is 13.2. The van der Waals surface area contributed by atoms with Gasteiger partial charge in [-0.3, -0.25) is 0 Å². The highest BCUT2D eigenvalue weighted by Crippen LogP contribution is 2.32. The van der Waals surface area contributed by atoms with Gasteiger partial charge in [0.1, 0.15) is 17.7 Å². The third-order valence-electron chi connectivity index (χ3n) is 3.85. The molecule has 2 aromatic carbocycles. The Bertz CT molecular complexity index is 599. The third kappa shape index (κ3) is 2.54. The minimum atomic E-state index is -0.264. The number of fused-ring (bicyclic) bond motifs is 1. The molecular formula is C17H18FNO. The summed E-state index contributed by atoms with van der Waals surface area (Å²) in [5, 5.41) is 3.33. The van der Waals surface area contributed by atoms with Crippen molar-refractivity contribution in [2.75, 3.05) is 7.05 Å². The molecule has 2 aromatic rings. The van der Waals surface area contributed by atoms with Gasteiger partial charge in [-0.1, -0.05) is 30.3 Å². The molecule has 0 fully saturated rings. The molecule has 3 rings (SSSR count). The van der Waals surface area contributed by atoms with Crippen molar-refractivity contribution in [1.29, 1.82) is 0 Å². The monoisotopic (exact) mass is 271 g/mol. The maximum Gasteiger partial charge on any atom is 0.126 e. The average molecular weight is 271 g/mol. The Morgan fingerprint density at radius 1 is 1.15 bits per heavy atom. The Morgan fingerprint density at radius 2 is 2.00 bits per heavy atom. The van der Waals surface area contributed by atoms with E-state index in [9.17, 15) is 4.39 Å².